The molecule has 2 aromatic carbocycles. The zero-order valence-corrected chi connectivity index (χ0v) is 15.1. The van der Waals surface area contributed by atoms with Gasteiger partial charge in [0.2, 0.25) is 5.91 Å². The van der Waals surface area contributed by atoms with Gasteiger partial charge in [-0.2, -0.15) is 0 Å². The highest BCUT2D eigenvalue weighted by Crippen LogP contribution is 2.36. The lowest BCUT2D eigenvalue weighted by Crippen LogP contribution is -2.50. The van der Waals surface area contributed by atoms with Crippen LogP contribution in [0.25, 0.3) is 0 Å². The van der Waals surface area contributed by atoms with Crippen LogP contribution < -0.4 is 4.74 Å². The third-order valence-corrected chi connectivity index (χ3v) is 5.50. The van der Waals surface area contributed by atoms with Crippen LogP contribution >= 0.6 is 0 Å². The van der Waals surface area contributed by atoms with Crippen LogP contribution in [0, 0.1) is 0 Å². The fraction of sp³-hybridized carbons (Fsp3) is 0.409. The third-order valence-electron chi connectivity index (χ3n) is 5.50. The average molecular weight is 350 g/mol. The van der Waals surface area contributed by atoms with Crippen molar-refractivity contribution in [2.75, 3.05) is 32.8 Å². The molecule has 2 aliphatic heterocycles. The number of rotatable bonds is 4. The maximum Gasteiger partial charge on any atom is 0.222 e. The van der Waals surface area contributed by atoms with Gasteiger partial charge >= 0.3 is 0 Å². The van der Waals surface area contributed by atoms with Crippen molar-refractivity contribution in [2.24, 2.45) is 0 Å². The molecule has 4 nitrogen and oxygen atoms in total. The molecule has 0 bridgehead atoms. The molecule has 136 valence electrons. The summed E-state index contributed by atoms with van der Waals surface area (Å²) in [6.45, 7) is 4.31. The summed E-state index contributed by atoms with van der Waals surface area (Å²) in [6.07, 6.45) is 2.45. The minimum absolute atomic E-state index is 0.279. The van der Waals surface area contributed by atoms with E-state index in [-0.39, 0.29) is 5.91 Å². The number of amides is 1. The van der Waals surface area contributed by atoms with Gasteiger partial charge in [0.15, 0.2) is 0 Å². The van der Waals surface area contributed by atoms with Crippen LogP contribution in [-0.4, -0.2) is 48.5 Å². The molecule has 2 aliphatic rings. The van der Waals surface area contributed by atoms with Crippen LogP contribution in [0.1, 0.15) is 30.0 Å². The van der Waals surface area contributed by atoms with Crippen LogP contribution in [0.15, 0.2) is 54.6 Å². The highest BCUT2D eigenvalue weighted by molar-refractivity contribution is 5.76. The number of ether oxygens (including phenoxy) is 1. The molecule has 0 radical (unpaired) electrons. The smallest absolute Gasteiger partial charge is 0.222 e. The second kappa shape index (κ2) is 7.92. The number of hydrogen-bond donors (Lipinski definition) is 0. The van der Waals surface area contributed by atoms with E-state index in [1.165, 1.54) is 11.1 Å². The summed E-state index contributed by atoms with van der Waals surface area (Å²) in [5.41, 5.74) is 2.53. The second-order valence-corrected chi connectivity index (χ2v) is 7.09. The number of fused-ring (bicyclic) bond motifs is 1. The lowest BCUT2D eigenvalue weighted by Gasteiger charge is -2.41. The predicted octanol–water partition coefficient (Wildman–Crippen LogP) is 3.29. The Morgan fingerprint density at radius 2 is 1.69 bits per heavy atom. The Bertz CT molecular complexity index is 739. The van der Waals surface area contributed by atoms with Crippen LogP contribution in [0.5, 0.6) is 5.75 Å². The molecule has 0 spiro atoms. The van der Waals surface area contributed by atoms with Gasteiger partial charge < -0.3 is 9.64 Å². The van der Waals surface area contributed by atoms with E-state index in [1.807, 2.05) is 29.2 Å². The van der Waals surface area contributed by atoms with Gasteiger partial charge in [-0.15, -0.1) is 0 Å². The normalized spacial score (nSPS) is 20.3. The summed E-state index contributed by atoms with van der Waals surface area (Å²) < 4.78 is 5.79. The average Bonchev–Trinajstić information content (AvgIpc) is 2.72. The first kappa shape index (κ1) is 17.1. The molecule has 0 N–H and O–H groups in total. The molecule has 2 aromatic rings. The number of aryl methyl sites for hydroxylation is 1. The molecule has 0 saturated carbocycles. The minimum atomic E-state index is 0.279. The molecule has 4 heteroatoms. The number of nitrogens with zero attached hydrogens (tertiary/aromatic N) is 2. The molecular weight excluding hydrogens is 324 g/mol. The van der Waals surface area contributed by atoms with E-state index in [1.54, 1.807) is 0 Å². The SMILES string of the molecule is O=C(CCc1ccccc1)N1CCN(C2CCOc3ccccc32)CC1. The predicted molar refractivity (Wildman–Crippen MR) is 102 cm³/mol. The Morgan fingerprint density at radius 1 is 0.962 bits per heavy atom. The van der Waals surface area contributed by atoms with E-state index >= 15 is 0 Å². The summed E-state index contributed by atoms with van der Waals surface area (Å²) in [7, 11) is 0. The van der Waals surface area contributed by atoms with Crippen LogP contribution in [0.3, 0.4) is 0 Å². The number of hydrogen-bond acceptors (Lipinski definition) is 3. The number of piperazine rings is 1. The Balaban J connectivity index is 1.31. The number of carbonyl (C=O) groups excluding carboxylic acids is 1. The first-order valence-electron chi connectivity index (χ1n) is 9.59. The van der Waals surface area contributed by atoms with E-state index in [4.69, 9.17) is 4.74 Å². The number of para-hydroxylation sites is 1. The van der Waals surface area contributed by atoms with Crippen molar-refractivity contribution in [1.82, 2.24) is 9.80 Å². The maximum absolute atomic E-state index is 12.5. The molecule has 26 heavy (non-hydrogen) atoms. The first-order valence-corrected chi connectivity index (χ1v) is 9.59. The van der Waals surface area contributed by atoms with Crippen molar-refractivity contribution in [2.45, 2.75) is 25.3 Å². The van der Waals surface area contributed by atoms with Gasteiger partial charge in [-0.3, -0.25) is 9.69 Å². The van der Waals surface area contributed by atoms with Crippen molar-refractivity contribution in [3.8, 4) is 5.75 Å². The Kier molecular flexibility index (Phi) is 5.21. The third kappa shape index (κ3) is 3.75. The van der Waals surface area contributed by atoms with Gasteiger partial charge in [0, 0.05) is 50.6 Å². The Labute approximate surface area is 155 Å². The molecule has 1 amide bonds. The Hall–Kier alpha value is -2.33. The lowest BCUT2D eigenvalue weighted by molar-refractivity contribution is -0.133. The molecule has 0 aromatic heterocycles. The zero-order chi connectivity index (χ0) is 17.8. The molecular formula is C22H26N2O2. The fourth-order valence-corrected chi connectivity index (χ4v) is 4.04. The van der Waals surface area contributed by atoms with Crippen molar-refractivity contribution in [3.63, 3.8) is 0 Å². The highest BCUT2D eigenvalue weighted by atomic mass is 16.5. The van der Waals surface area contributed by atoms with Crippen molar-refractivity contribution in [1.29, 1.82) is 0 Å². The van der Waals surface area contributed by atoms with E-state index in [9.17, 15) is 4.79 Å². The van der Waals surface area contributed by atoms with Crippen LogP contribution in [0.2, 0.25) is 0 Å². The van der Waals surface area contributed by atoms with E-state index < -0.39 is 0 Å². The van der Waals surface area contributed by atoms with Gasteiger partial charge in [0.1, 0.15) is 5.75 Å². The van der Waals surface area contributed by atoms with E-state index in [0.29, 0.717) is 12.5 Å². The summed E-state index contributed by atoms with van der Waals surface area (Å²) in [6, 6.07) is 19.0. The Morgan fingerprint density at radius 3 is 2.50 bits per heavy atom. The molecule has 1 fully saturated rings. The number of carbonyl (C=O) groups is 1. The molecule has 1 saturated heterocycles. The minimum Gasteiger partial charge on any atom is -0.493 e. The van der Waals surface area contributed by atoms with Crippen molar-refractivity contribution < 1.29 is 9.53 Å². The molecule has 1 atom stereocenters. The topological polar surface area (TPSA) is 32.8 Å². The molecule has 1 unspecified atom stereocenters. The zero-order valence-electron chi connectivity index (χ0n) is 15.1. The van der Waals surface area contributed by atoms with Crippen molar-refractivity contribution >= 4 is 5.91 Å². The lowest BCUT2D eigenvalue weighted by atomic mass is 9.98. The standard InChI is InChI=1S/C22H26N2O2/c25-22(11-10-18-6-2-1-3-7-18)24-15-13-23(14-16-24)20-12-17-26-21-9-5-4-8-19(20)21/h1-9,20H,10-17H2. The monoisotopic (exact) mass is 350 g/mol. The summed E-state index contributed by atoms with van der Waals surface area (Å²) in [5.74, 6) is 1.30. The van der Waals surface area contributed by atoms with Gasteiger partial charge in [0.05, 0.1) is 6.61 Å². The molecule has 4 rings (SSSR count). The molecule has 2 heterocycles. The largest absolute Gasteiger partial charge is 0.493 e. The van der Waals surface area contributed by atoms with Crippen LogP contribution in [-0.2, 0) is 11.2 Å². The summed E-state index contributed by atoms with van der Waals surface area (Å²) in [4.78, 5) is 17.1. The van der Waals surface area contributed by atoms with Gasteiger partial charge in [0.25, 0.3) is 0 Å². The first-order chi connectivity index (χ1) is 12.8. The summed E-state index contributed by atoms with van der Waals surface area (Å²) in [5, 5.41) is 0. The van der Waals surface area contributed by atoms with Crippen molar-refractivity contribution in [3.05, 3.63) is 65.7 Å². The summed E-state index contributed by atoms with van der Waals surface area (Å²) >= 11 is 0. The van der Waals surface area contributed by atoms with Gasteiger partial charge in [-0.25, -0.2) is 0 Å². The fourth-order valence-electron chi connectivity index (χ4n) is 4.04. The van der Waals surface area contributed by atoms with Gasteiger partial charge in [-0.1, -0.05) is 48.5 Å². The van der Waals surface area contributed by atoms with E-state index in [2.05, 4.69) is 35.2 Å². The maximum atomic E-state index is 12.5. The van der Waals surface area contributed by atoms with E-state index in [0.717, 1.165) is 51.4 Å². The quantitative estimate of drug-likeness (QED) is 0.848. The second-order valence-electron chi connectivity index (χ2n) is 7.09. The van der Waals surface area contributed by atoms with Crippen LogP contribution in [0.4, 0.5) is 0 Å². The van der Waals surface area contributed by atoms with Gasteiger partial charge in [-0.05, 0) is 18.1 Å². The highest BCUT2D eigenvalue weighted by Gasteiger charge is 2.30. The molecule has 0 aliphatic carbocycles. The number of benzene rings is 2.